The van der Waals surface area contributed by atoms with Crippen molar-refractivity contribution in [3.8, 4) is 0 Å². The van der Waals surface area contributed by atoms with Crippen LogP contribution in [0, 0.1) is 5.82 Å². The second-order valence-corrected chi connectivity index (χ2v) is 6.74. The van der Waals surface area contributed by atoms with E-state index in [0.717, 1.165) is 10.4 Å². The van der Waals surface area contributed by atoms with E-state index in [1.807, 2.05) is 0 Å². The number of carboxylic acid groups (broad SMARTS) is 1. The molecule has 0 aromatic heterocycles. The molecular weight excluding hydrogens is 289 g/mol. The summed E-state index contributed by atoms with van der Waals surface area (Å²) in [6.45, 7) is 1.11. The Hall–Kier alpha value is -1.51. The minimum atomic E-state index is -3.91. The van der Waals surface area contributed by atoms with Crippen LogP contribution in [0.4, 0.5) is 4.39 Å². The summed E-state index contributed by atoms with van der Waals surface area (Å²) >= 11 is 0. The molecular formula is C12H14FNO5S. The lowest BCUT2D eigenvalue weighted by Crippen LogP contribution is -2.63. The summed E-state index contributed by atoms with van der Waals surface area (Å²) in [5.74, 6) is -1.94. The highest BCUT2D eigenvalue weighted by atomic mass is 32.2. The van der Waals surface area contributed by atoms with Crippen LogP contribution in [0.5, 0.6) is 0 Å². The lowest BCUT2D eigenvalue weighted by molar-refractivity contribution is -0.157. The molecule has 0 saturated carbocycles. The number of ether oxygens (including phenoxy) is 1. The maximum atomic E-state index is 13.5. The average molecular weight is 303 g/mol. The highest BCUT2D eigenvalue weighted by Gasteiger charge is 2.47. The Balaban J connectivity index is 2.08. The fraction of sp³-hybridized carbons (Fsp3) is 0.417. The van der Waals surface area contributed by atoms with Gasteiger partial charge in [0.1, 0.15) is 17.3 Å². The molecule has 0 atom stereocenters. The van der Waals surface area contributed by atoms with Crippen molar-refractivity contribution >= 4 is 16.0 Å². The predicted molar refractivity (Wildman–Crippen MR) is 67.2 cm³/mol. The highest BCUT2D eigenvalue weighted by molar-refractivity contribution is 7.89. The maximum Gasteiger partial charge on any atom is 0.329 e. The zero-order valence-corrected chi connectivity index (χ0v) is 11.6. The zero-order valence-electron chi connectivity index (χ0n) is 10.7. The monoisotopic (exact) mass is 303 g/mol. The molecule has 110 valence electrons. The second-order valence-electron chi connectivity index (χ2n) is 4.84. The number of aliphatic carboxylic acids is 1. The molecule has 8 heteroatoms. The summed E-state index contributed by atoms with van der Waals surface area (Å²) in [7, 11) is -3.91. The SMILES string of the molecule is CC1(OCC(=O)O)CN(S(=O)(=O)c2ccccc2F)C1. The first-order valence-corrected chi connectivity index (χ1v) is 7.29. The number of rotatable bonds is 5. The molecule has 1 aromatic carbocycles. The summed E-state index contributed by atoms with van der Waals surface area (Å²) in [5.41, 5.74) is -0.850. The molecule has 2 rings (SSSR count). The fourth-order valence-electron chi connectivity index (χ4n) is 1.99. The molecule has 1 aliphatic heterocycles. The third-order valence-electron chi connectivity index (χ3n) is 3.02. The van der Waals surface area contributed by atoms with Crippen molar-refractivity contribution in [3.05, 3.63) is 30.1 Å². The van der Waals surface area contributed by atoms with Crippen LogP contribution >= 0.6 is 0 Å². The summed E-state index contributed by atoms with van der Waals surface area (Å²) in [6.07, 6.45) is 0. The number of halogens is 1. The number of hydrogen-bond acceptors (Lipinski definition) is 4. The Morgan fingerprint density at radius 1 is 1.45 bits per heavy atom. The average Bonchev–Trinajstić information content (AvgIpc) is 2.33. The van der Waals surface area contributed by atoms with Crippen molar-refractivity contribution in [2.24, 2.45) is 0 Å². The Labute approximate surface area is 115 Å². The van der Waals surface area contributed by atoms with Crippen molar-refractivity contribution in [3.63, 3.8) is 0 Å². The molecule has 1 N–H and O–H groups in total. The Kier molecular flexibility index (Phi) is 3.81. The van der Waals surface area contributed by atoms with E-state index in [2.05, 4.69) is 0 Å². The minimum absolute atomic E-state index is 0.00303. The third kappa shape index (κ3) is 2.82. The normalized spacial score (nSPS) is 18.5. The highest BCUT2D eigenvalue weighted by Crippen LogP contribution is 2.31. The smallest absolute Gasteiger partial charge is 0.329 e. The van der Waals surface area contributed by atoms with Crippen molar-refractivity contribution in [1.29, 1.82) is 0 Å². The van der Waals surface area contributed by atoms with E-state index in [4.69, 9.17) is 9.84 Å². The van der Waals surface area contributed by atoms with Crippen molar-refractivity contribution in [2.45, 2.75) is 17.4 Å². The van der Waals surface area contributed by atoms with Gasteiger partial charge in [0.15, 0.2) is 0 Å². The molecule has 6 nitrogen and oxygen atoms in total. The van der Waals surface area contributed by atoms with Gasteiger partial charge in [0.05, 0.1) is 5.60 Å². The topological polar surface area (TPSA) is 83.9 Å². The number of carboxylic acids is 1. The van der Waals surface area contributed by atoms with Gasteiger partial charge in [0.2, 0.25) is 10.0 Å². The molecule has 1 aliphatic rings. The molecule has 0 amide bonds. The van der Waals surface area contributed by atoms with Gasteiger partial charge in [0, 0.05) is 13.1 Å². The van der Waals surface area contributed by atoms with Gasteiger partial charge in [-0.2, -0.15) is 4.31 Å². The predicted octanol–water partition coefficient (Wildman–Crippen LogP) is 0.690. The van der Waals surface area contributed by atoms with Gasteiger partial charge in [-0.3, -0.25) is 0 Å². The molecule has 1 fully saturated rings. The van der Waals surface area contributed by atoms with E-state index in [1.165, 1.54) is 18.2 Å². The molecule has 1 saturated heterocycles. The number of carbonyl (C=O) groups is 1. The minimum Gasteiger partial charge on any atom is -0.480 e. The molecule has 20 heavy (non-hydrogen) atoms. The number of nitrogens with zero attached hydrogens (tertiary/aromatic N) is 1. The molecule has 0 unspecified atom stereocenters. The summed E-state index contributed by atoms with van der Waals surface area (Å²) in [6, 6.07) is 5.12. The number of benzene rings is 1. The standard InChI is InChI=1S/C12H14FNO5S/c1-12(19-6-11(15)16)7-14(8-12)20(17,18)10-5-3-2-4-9(10)13/h2-5H,6-8H2,1H3,(H,15,16). The van der Waals surface area contributed by atoms with Crippen LogP contribution < -0.4 is 0 Å². The van der Waals surface area contributed by atoms with Gasteiger partial charge in [-0.25, -0.2) is 17.6 Å². The molecule has 0 aliphatic carbocycles. The second kappa shape index (κ2) is 5.12. The summed E-state index contributed by atoms with van der Waals surface area (Å²) < 4.78 is 44.1. The van der Waals surface area contributed by atoms with Crippen LogP contribution in [0.15, 0.2) is 29.2 Å². The van der Waals surface area contributed by atoms with Gasteiger partial charge >= 0.3 is 5.97 Å². The van der Waals surface area contributed by atoms with Crippen LogP contribution in [0.1, 0.15) is 6.92 Å². The van der Waals surface area contributed by atoms with E-state index < -0.39 is 34.0 Å². The van der Waals surface area contributed by atoms with Crippen molar-refractivity contribution in [2.75, 3.05) is 19.7 Å². The Morgan fingerprint density at radius 2 is 2.05 bits per heavy atom. The molecule has 0 bridgehead atoms. The van der Waals surface area contributed by atoms with Crippen LogP contribution in [-0.4, -0.2) is 49.1 Å². The van der Waals surface area contributed by atoms with Gasteiger partial charge in [-0.05, 0) is 19.1 Å². The molecule has 1 aromatic rings. The Morgan fingerprint density at radius 3 is 2.60 bits per heavy atom. The first-order chi connectivity index (χ1) is 9.24. The molecule has 0 radical (unpaired) electrons. The van der Waals surface area contributed by atoms with E-state index in [0.29, 0.717) is 0 Å². The van der Waals surface area contributed by atoms with Gasteiger partial charge < -0.3 is 9.84 Å². The van der Waals surface area contributed by atoms with Crippen molar-refractivity contribution < 1.29 is 27.4 Å². The van der Waals surface area contributed by atoms with Gasteiger partial charge in [-0.1, -0.05) is 12.1 Å². The lowest BCUT2D eigenvalue weighted by atomic mass is 10.0. The first-order valence-electron chi connectivity index (χ1n) is 5.85. The van der Waals surface area contributed by atoms with Crippen LogP contribution in [0.25, 0.3) is 0 Å². The van der Waals surface area contributed by atoms with E-state index >= 15 is 0 Å². The number of sulfonamides is 1. The summed E-state index contributed by atoms with van der Waals surface area (Å²) in [5, 5.41) is 8.53. The Bertz CT molecular complexity index is 624. The first kappa shape index (κ1) is 14.9. The number of hydrogen-bond donors (Lipinski definition) is 1. The van der Waals surface area contributed by atoms with Crippen LogP contribution in [0.2, 0.25) is 0 Å². The third-order valence-corrected chi connectivity index (χ3v) is 4.85. The quantitative estimate of drug-likeness (QED) is 0.865. The summed E-state index contributed by atoms with van der Waals surface area (Å²) in [4.78, 5) is 10.0. The van der Waals surface area contributed by atoms with Gasteiger partial charge in [-0.15, -0.1) is 0 Å². The van der Waals surface area contributed by atoms with Gasteiger partial charge in [0.25, 0.3) is 0 Å². The van der Waals surface area contributed by atoms with E-state index in [-0.39, 0.29) is 18.0 Å². The largest absolute Gasteiger partial charge is 0.480 e. The fourth-order valence-corrected chi connectivity index (χ4v) is 3.72. The van der Waals surface area contributed by atoms with Crippen LogP contribution in [0.3, 0.4) is 0 Å². The van der Waals surface area contributed by atoms with Crippen LogP contribution in [-0.2, 0) is 19.6 Å². The zero-order chi connectivity index (χ0) is 15.0. The molecule has 0 spiro atoms. The lowest BCUT2D eigenvalue weighted by Gasteiger charge is -2.46. The van der Waals surface area contributed by atoms with Crippen molar-refractivity contribution in [1.82, 2.24) is 4.31 Å². The van der Waals surface area contributed by atoms with E-state index in [1.54, 1.807) is 6.92 Å². The molecule has 1 heterocycles. The maximum absolute atomic E-state index is 13.5. The van der Waals surface area contributed by atoms with E-state index in [9.17, 15) is 17.6 Å².